The summed E-state index contributed by atoms with van der Waals surface area (Å²) in [5.74, 6) is -2.99. The van der Waals surface area contributed by atoms with Gasteiger partial charge in [-0.3, -0.25) is 9.36 Å². The summed E-state index contributed by atoms with van der Waals surface area (Å²) in [7, 11) is 0. The average molecular weight is 468 g/mol. The molecular formula is C22H18F2N6O4. The number of hydrogen-bond donors (Lipinski definition) is 1. The van der Waals surface area contributed by atoms with E-state index in [1.54, 1.807) is 6.07 Å². The Morgan fingerprint density at radius 2 is 1.68 bits per heavy atom. The maximum absolute atomic E-state index is 13.3. The molecule has 12 heteroatoms. The highest BCUT2D eigenvalue weighted by Crippen LogP contribution is 2.22. The minimum absolute atomic E-state index is 0.0131. The lowest BCUT2D eigenvalue weighted by molar-refractivity contribution is 0.0487. The maximum Gasteiger partial charge on any atom is 0.341 e. The summed E-state index contributed by atoms with van der Waals surface area (Å²) in [5.41, 5.74) is 1.49. The molecule has 0 saturated heterocycles. The number of carboxylic acid groups (broad SMARTS) is 1. The van der Waals surface area contributed by atoms with Crippen molar-refractivity contribution in [1.82, 2.24) is 29.5 Å². The van der Waals surface area contributed by atoms with Crippen LogP contribution in [0.15, 0.2) is 61.4 Å². The normalized spacial score (nSPS) is 11.8. The van der Waals surface area contributed by atoms with Crippen LogP contribution in [0.4, 0.5) is 8.78 Å². The molecule has 4 aromatic rings. The minimum Gasteiger partial charge on any atom is -0.478 e. The third-order valence-electron chi connectivity index (χ3n) is 4.93. The molecule has 0 aliphatic heterocycles. The Morgan fingerprint density at radius 1 is 0.941 bits per heavy atom. The van der Waals surface area contributed by atoms with E-state index in [9.17, 15) is 18.4 Å². The average Bonchev–Trinajstić information content (AvgIpc) is 3.49. The second-order valence-electron chi connectivity index (χ2n) is 7.28. The highest BCUT2D eigenvalue weighted by molar-refractivity contribution is 5.88. The molecule has 0 amide bonds. The van der Waals surface area contributed by atoms with E-state index in [4.69, 9.17) is 9.84 Å². The lowest BCUT2D eigenvalue weighted by Crippen LogP contribution is -2.16. The van der Waals surface area contributed by atoms with E-state index in [1.165, 1.54) is 64.7 Å². The van der Waals surface area contributed by atoms with Crippen LogP contribution in [-0.4, -0.2) is 53.2 Å². The Kier molecular flexibility index (Phi) is 6.67. The van der Waals surface area contributed by atoms with Crippen LogP contribution in [0.5, 0.6) is 0 Å². The number of pyridine rings is 2. The maximum atomic E-state index is 13.3. The van der Waals surface area contributed by atoms with Gasteiger partial charge in [0.2, 0.25) is 11.9 Å². The van der Waals surface area contributed by atoms with E-state index in [-0.39, 0.29) is 24.2 Å². The van der Waals surface area contributed by atoms with Crippen LogP contribution in [0.1, 0.15) is 44.3 Å². The van der Waals surface area contributed by atoms with Crippen molar-refractivity contribution in [2.45, 2.75) is 19.0 Å². The monoisotopic (exact) mass is 468 g/mol. The number of nitrogens with zero attached hydrogens (tertiary/aromatic N) is 6. The molecular weight excluding hydrogens is 450 g/mol. The molecule has 4 aromatic heterocycles. The zero-order valence-corrected chi connectivity index (χ0v) is 17.6. The van der Waals surface area contributed by atoms with E-state index in [1.807, 2.05) is 0 Å². The number of halogens is 2. The van der Waals surface area contributed by atoms with Crippen molar-refractivity contribution in [2.75, 3.05) is 6.61 Å². The van der Waals surface area contributed by atoms with Gasteiger partial charge in [-0.15, -0.1) is 0 Å². The fraction of sp³-hybridized carbons (Fsp3) is 0.182. The number of esters is 1. The number of ether oxygens (including phenoxy) is 1. The summed E-state index contributed by atoms with van der Waals surface area (Å²) >= 11 is 0. The summed E-state index contributed by atoms with van der Waals surface area (Å²) in [4.78, 5) is 30.9. The predicted octanol–water partition coefficient (Wildman–Crippen LogP) is 2.73. The van der Waals surface area contributed by atoms with Crippen LogP contribution in [0.25, 0.3) is 0 Å². The van der Waals surface area contributed by atoms with Crippen molar-refractivity contribution in [2.24, 2.45) is 0 Å². The Labute approximate surface area is 191 Å². The number of carboxylic acids is 1. The molecule has 0 spiro atoms. The van der Waals surface area contributed by atoms with Gasteiger partial charge in [0.1, 0.15) is 0 Å². The van der Waals surface area contributed by atoms with E-state index in [2.05, 4.69) is 20.2 Å². The van der Waals surface area contributed by atoms with Crippen LogP contribution >= 0.6 is 0 Å². The largest absolute Gasteiger partial charge is 0.478 e. The first kappa shape index (κ1) is 22.7. The minimum atomic E-state index is -1.14. The lowest BCUT2D eigenvalue weighted by Gasteiger charge is -2.17. The second-order valence-corrected chi connectivity index (χ2v) is 7.28. The van der Waals surface area contributed by atoms with Gasteiger partial charge >= 0.3 is 11.9 Å². The molecule has 0 aromatic carbocycles. The second kappa shape index (κ2) is 9.98. The molecule has 174 valence electrons. The van der Waals surface area contributed by atoms with E-state index < -0.39 is 29.9 Å². The molecule has 1 unspecified atom stereocenters. The molecule has 0 bridgehead atoms. The molecule has 4 rings (SSSR count). The Balaban J connectivity index is 1.40. The molecule has 0 saturated carbocycles. The van der Waals surface area contributed by atoms with Gasteiger partial charge in [0.25, 0.3) is 0 Å². The summed E-state index contributed by atoms with van der Waals surface area (Å²) in [6.45, 7) is 0.265. The molecule has 1 N–H and O–H groups in total. The quantitative estimate of drug-likeness (QED) is 0.294. The standard InChI is InChI=1S/C22H18F2N6O4/c23-19-3-1-14(7-25-19)11-29-12-17(10-27-29)22(33)34-6-5-18(15-2-4-20(24)26-8-15)30-13-16(9-28-30)21(31)32/h1-4,7-10,12-13,18H,5-6,11H2,(H,31,32). The molecule has 4 heterocycles. The van der Waals surface area contributed by atoms with Crippen LogP contribution in [0.3, 0.4) is 0 Å². The molecule has 1 atom stereocenters. The van der Waals surface area contributed by atoms with Crippen LogP contribution < -0.4 is 0 Å². The third-order valence-corrected chi connectivity index (χ3v) is 4.93. The Bertz CT molecular complexity index is 1290. The van der Waals surface area contributed by atoms with Crippen LogP contribution in [0, 0.1) is 11.9 Å². The zero-order valence-electron chi connectivity index (χ0n) is 17.6. The van der Waals surface area contributed by atoms with Gasteiger partial charge in [0.15, 0.2) is 0 Å². The van der Waals surface area contributed by atoms with Gasteiger partial charge in [-0.25, -0.2) is 19.6 Å². The van der Waals surface area contributed by atoms with Gasteiger partial charge in [-0.2, -0.15) is 19.0 Å². The topological polar surface area (TPSA) is 125 Å². The number of carbonyl (C=O) groups is 2. The highest BCUT2D eigenvalue weighted by atomic mass is 19.1. The fourth-order valence-corrected chi connectivity index (χ4v) is 3.24. The first-order chi connectivity index (χ1) is 16.4. The Hall–Kier alpha value is -4.48. The van der Waals surface area contributed by atoms with Crippen molar-refractivity contribution < 1.29 is 28.2 Å². The third kappa shape index (κ3) is 5.46. The van der Waals surface area contributed by atoms with E-state index in [0.29, 0.717) is 17.7 Å². The SMILES string of the molecule is O=C(O)c1cnn(C(CCOC(=O)c2cnn(Cc3ccc(F)nc3)c2)c2ccc(F)nc2)c1. The molecule has 34 heavy (non-hydrogen) atoms. The number of rotatable bonds is 9. The molecule has 0 aliphatic rings. The number of aromatic carboxylic acids is 1. The van der Waals surface area contributed by atoms with Crippen molar-refractivity contribution in [3.05, 3.63) is 95.6 Å². The first-order valence-electron chi connectivity index (χ1n) is 10.1. The summed E-state index contributed by atoms with van der Waals surface area (Å²) in [5, 5.41) is 17.3. The lowest BCUT2D eigenvalue weighted by atomic mass is 10.1. The van der Waals surface area contributed by atoms with E-state index >= 15 is 0 Å². The van der Waals surface area contributed by atoms with Gasteiger partial charge in [0.05, 0.1) is 42.7 Å². The number of carbonyl (C=O) groups excluding carboxylic acids is 1. The Morgan fingerprint density at radius 3 is 2.32 bits per heavy atom. The van der Waals surface area contributed by atoms with Gasteiger partial charge < -0.3 is 9.84 Å². The van der Waals surface area contributed by atoms with Gasteiger partial charge in [0, 0.05) is 31.2 Å². The molecule has 0 aliphatic carbocycles. The van der Waals surface area contributed by atoms with Crippen LogP contribution in [-0.2, 0) is 11.3 Å². The van der Waals surface area contributed by atoms with Gasteiger partial charge in [-0.05, 0) is 23.3 Å². The van der Waals surface area contributed by atoms with Crippen LogP contribution in [0.2, 0.25) is 0 Å². The van der Waals surface area contributed by atoms with Crippen molar-refractivity contribution in [3.63, 3.8) is 0 Å². The van der Waals surface area contributed by atoms with Crippen molar-refractivity contribution >= 4 is 11.9 Å². The summed E-state index contributed by atoms with van der Waals surface area (Å²) in [6.07, 6.45) is 8.32. The van der Waals surface area contributed by atoms with Gasteiger partial charge in [-0.1, -0.05) is 12.1 Å². The van der Waals surface area contributed by atoms with Crippen molar-refractivity contribution in [1.29, 1.82) is 0 Å². The number of hydrogen-bond acceptors (Lipinski definition) is 7. The summed E-state index contributed by atoms with van der Waals surface area (Å²) in [6, 6.07) is 4.95. The molecule has 0 radical (unpaired) electrons. The smallest absolute Gasteiger partial charge is 0.341 e. The summed E-state index contributed by atoms with van der Waals surface area (Å²) < 4.78 is 34.4. The zero-order chi connectivity index (χ0) is 24.1. The first-order valence-corrected chi connectivity index (χ1v) is 10.1. The fourth-order valence-electron chi connectivity index (χ4n) is 3.24. The van der Waals surface area contributed by atoms with E-state index in [0.717, 1.165) is 0 Å². The number of aromatic nitrogens is 6. The molecule has 0 fully saturated rings. The van der Waals surface area contributed by atoms with Crippen molar-refractivity contribution in [3.8, 4) is 0 Å². The predicted molar refractivity (Wildman–Crippen MR) is 112 cm³/mol. The molecule has 10 nitrogen and oxygen atoms in total. The highest BCUT2D eigenvalue weighted by Gasteiger charge is 2.19.